The molecule has 1 radical (unpaired) electrons. The molecule has 0 aliphatic heterocycles. The molecule has 0 saturated heterocycles. The number of para-hydroxylation sites is 1. The fourth-order valence-corrected chi connectivity index (χ4v) is 6.50. The van der Waals surface area contributed by atoms with E-state index in [-0.39, 0.29) is 85.2 Å². The average molecular weight is 737 g/mol. The Kier molecular flexibility index (Phi) is 12.0. The summed E-state index contributed by atoms with van der Waals surface area (Å²) in [6.45, 7) is 0.765. The molecule has 0 spiro atoms. The second-order valence-corrected chi connectivity index (χ2v) is 13.7. The third-order valence-corrected chi connectivity index (χ3v) is 9.63. The van der Waals surface area contributed by atoms with Gasteiger partial charge in [0.25, 0.3) is 20.1 Å². The van der Waals surface area contributed by atoms with Crippen LogP contribution in [0.3, 0.4) is 0 Å². The van der Waals surface area contributed by atoms with E-state index >= 15 is 0 Å². The number of phenols is 1. The molecule has 0 bridgehead atoms. The molecule has 1 aromatic heterocycles. The van der Waals surface area contributed by atoms with E-state index in [1.165, 1.54) is 44.5 Å². The topological polar surface area (TPSA) is 235 Å². The van der Waals surface area contributed by atoms with Crippen molar-refractivity contribution in [1.29, 1.82) is 0 Å². The van der Waals surface area contributed by atoms with E-state index in [4.69, 9.17) is 22.1 Å². The summed E-state index contributed by atoms with van der Waals surface area (Å²) < 4.78 is 67.2. The Labute approximate surface area is 308 Å². The van der Waals surface area contributed by atoms with E-state index in [2.05, 4.69) is 35.8 Å². The largest absolute Gasteiger partial charge is 0.507 e. The number of sulfonamides is 1. The van der Waals surface area contributed by atoms with Gasteiger partial charge in [0.05, 0.1) is 28.3 Å². The molecule has 4 aromatic carbocycles. The Hall–Kier alpha value is -4.14. The quantitative estimate of drug-likeness (QED) is 0.0378. The number of hydrogen-bond acceptors (Lipinski definition) is 14. The number of methoxy groups -OCH3 is 1. The first-order chi connectivity index (χ1) is 22.8. The third kappa shape index (κ3) is 8.72. The van der Waals surface area contributed by atoms with Gasteiger partial charge in [-0.1, -0.05) is 24.3 Å². The van der Waals surface area contributed by atoms with Crippen LogP contribution in [-0.2, 0) is 24.9 Å². The monoisotopic (exact) mass is 736 g/mol. The fraction of sp³-hybridized carbons (Fsp3) is 0.138. The summed E-state index contributed by atoms with van der Waals surface area (Å²) in [6, 6.07) is 17.4. The molecular formula is C29H28ClN9NaO7S2. The minimum absolute atomic E-state index is 0. The zero-order chi connectivity index (χ0) is 34.6. The van der Waals surface area contributed by atoms with Crippen molar-refractivity contribution in [3.05, 3.63) is 78.1 Å². The average Bonchev–Trinajstić information content (AvgIpc) is 3.03. The van der Waals surface area contributed by atoms with E-state index in [9.17, 15) is 26.5 Å². The maximum absolute atomic E-state index is 13.4. The number of phenolic OH excluding ortho intramolecular Hbond substituents is 1. The Morgan fingerprint density at radius 2 is 1.67 bits per heavy atom. The summed E-state index contributed by atoms with van der Waals surface area (Å²) in [5.74, 6) is -0.317. The van der Waals surface area contributed by atoms with Crippen molar-refractivity contribution in [3.63, 3.8) is 0 Å². The molecule has 6 N–H and O–H groups in total. The van der Waals surface area contributed by atoms with Crippen LogP contribution in [0.2, 0.25) is 5.28 Å². The molecule has 0 unspecified atom stereocenters. The second kappa shape index (κ2) is 15.6. The summed E-state index contributed by atoms with van der Waals surface area (Å²) >= 11 is 6.03. The minimum atomic E-state index is -4.79. The fourth-order valence-electron chi connectivity index (χ4n) is 4.48. The van der Waals surface area contributed by atoms with Crippen molar-refractivity contribution >= 4 is 112 Å². The zero-order valence-electron chi connectivity index (χ0n) is 26.2. The Morgan fingerprint density at radius 3 is 2.37 bits per heavy atom. The van der Waals surface area contributed by atoms with E-state index < -0.39 is 30.8 Å². The number of nitrogens with zero attached hydrogens (tertiary/aromatic N) is 6. The Morgan fingerprint density at radius 1 is 0.959 bits per heavy atom. The maximum atomic E-state index is 13.4. The van der Waals surface area contributed by atoms with Crippen molar-refractivity contribution < 1.29 is 31.2 Å². The van der Waals surface area contributed by atoms with Crippen LogP contribution in [0.5, 0.6) is 5.75 Å². The predicted octanol–water partition coefficient (Wildman–Crippen LogP) is 4.87. The van der Waals surface area contributed by atoms with E-state index in [0.717, 1.165) is 16.4 Å². The number of nitrogen functional groups attached to an aromatic ring is 1. The molecule has 20 heteroatoms. The smallest absolute Gasteiger partial charge is 0.296 e. The van der Waals surface area contributed by atoms with Gasteiger partial charge in [0.2, 0.25) is 17.2 Å². The number of azo groups is 1. The molecule has 251 valence electrons. The van der Waals surface area contributed by atoms with Gasteiger partial charge in [0.1, 0.15) is 22.0 Å². The number of aromatic nitrogens is 3. The van der Waals surface area contributed by atoms with E-state index in [1.54, 1.807) is 30.3 Å². The molecule has 5 rings (SSSR count). The molecule has 0 amide bonds. The van der Waals surface area contributed by atoms with Crippen LogP contribution >= 0.6 is 11.6 Å². The van der Waals surface area contributed by atoms with Gasteiger partial charge >= 0.3 is 0 Å². The number of nitrogens with two attached hydrogens (primary N) is 1. The number of fused-ring (bicyclic) bond motifs is 1. The van der Waals surface area contributed by atoms with Gasteiger partial charge in [-0.15, -0.1) is 10.2 Å². The molecule has 0 aliphatic carbocycles. The second-order valence-electron chi connectivity index (χ2n) is 10.0. The van der Waals surface area contributed by atoms with Crippen LogP contribution in [0.25, 0.3) is 10.8 Å². The summed E-state index contributed by atoms with van der Waals surface area (Å²) in [4.78, 5) is 11.4. The predicted molar refractivity (Wildman–Crippen MR) is 187 cm³/mol. The number of ether oxygens (including phenoxy) is 1. The van der Waals surface area contributed by atoms with Crippen molar-refractivity contribution in [2.75, 3.05) is 48.0 Å². The number of benzene rings is 4. The third-order valence-electron chi connectivity index (χ3n) is 6.80. The first-order valence-electron chi connectivity index (χ1n) is 13.8. The zero-order valence-corrected chi connectivity index (χ0v) is 30.6. The van der Waals surface area contributed by atoms with Crippen LogP contribution < -0.4 is 20.7 Å². The van der Waals surface area contributed by atoms with Crippen LogP contribution in [0.4, 0.5) is 40.3 Å². The molecule has 0 fully saturated rings. The Bertz CT molecular complexity index is 2250. The number of anilines is 5. The van der Waals surface area contributed by atoms with Gasteiger partial charge in [-0.2, -0.15) is 23.4 Å². The normalized spacial score (nSPS) is 11.8. The van der Waals surface area contributed by atoms with Gasteiger partial charge in [0.15, 0.2) is 0 Å². The van der Waals surface area contributed by atoms with Crippen molar-refractivity contribution in [2.45, 2.75) is 9.79 Å². The molecule has 0 saturated carbocycles. The first-order valence-corrected chi connectivity index (χ1v) is 17.1. The van der Waals surface area contributed by atoms with Crippen molar-refractivity contribution in [2.24, 2.45) is 10.2 Å². The van der Waals surface area contributed by atoms with Crippen LogP contribution in [0.1, 0.15) is 0 Å². The van der Waals surface area contributed by atoms with Crippen molar-refractivity contribution in [1.82, 2.24) is 15.0 Å². The molecule has 16 nitrogen and oxygen atoms in total. The van der Waals surface area contributed by atoms with Crippen LogP contribution in [0, 0.1) is 0 Å². The van der Waals surface area contributed by atoms with Gasteiger partial charge in [-0.3, -0.25) is 8.86 Å². The molecule has 49 heavy (non-hydrogen) atoms. The minimum Gasteiger partial charge on any atom is -0.507 e. The number of hydrogen-bond donors (Lipinski definition) is 5. The maximum Gasteiger partial charge on any atom is 0.296 e. The van der Waals surface area contributed by atoms with E-state index in [0.29, 0.717) is 18.8 Å². The van der Waals surface area contributed by atoms with Crippen LogP contribution in [0.15, 0.2) is 92.8 Å². The van der Waals surface area contributed by atoms with Gasteiger partial charge < -0.3 is 26.2 Å². The molecule has 5 aromatic rings. The molecular weight excluding hydrogens is 709 g/mol. The van der Waals surface area contributed by atoms with Crippen LogP contribution in [-0.4, -0.2) is 98.3 Å². The number of halogens is 1. The van der Waals surface area contributed by atoms with Crippen molar-refractivity contribution in [3.8, 4) is 5.75 Å². The molecule has 0 atom stereocenters. The standard InChI is InChI=1S/C29H28ClN9O7S2.Na/c1-39(19-6-4-3-5-7-19)47(41,42)20-14-17-8-10-21(31)26(25(17)23(40)16-20)38-37-22-15-18(9-11-24(22)48(43,44)45)33-29-35-27(30)34-28(36-29)32-12-13-46-2;/h3-11,14-16,40H,12-13,31H2,1-2H3,(H,43,44,45)(H2,32,33,34,35,36);. The molecule has 0 aliphatic rings. The number of nitrogens with one attached hydrogen (secondary N) is 2. The SMILES string of the molecule is COCCNc1nc(Cl)nc(Nc2ccc(S(=O)(=O)O)c(N=Nc3c(N)ccc4cc(S(=O)(=O)N(C)c5ccccc5)cc(O)c34)c2)n1.[Na]. The Balaban J connectivity index is 0.00000541. The number of rotatable bonds is 12. The van der Waals surface area contributed by atoms with Gasteiger partial charge in [-0.25, -0.2) is 8.42 Å². The number of aromatic hydroxyl groups is 1. The first kappa shape index (κ1) is 37.7. The summed E-state index contributed by atoms with van der Waals surface area (Å²) in [7, 11) is -5.96. The van der Waals surface area contributed by atoms with E-state index in [1.807, 2.05) is 0 Å². The summed E-state index contributed by atoms with van der Waals surface area (Å²) in [5, 5.41) is 25.2. The van der Waals surface area contributed by atoms with Gasteiger partial charge in [0, 0.05) is 62.0 Å². The molecule has 1 heterocycles. The summed E-state index contributed by atoms with van der Waals surface area (Å²) in [6.07, 6.45) is 0. The van der Waals surface area contributed by atoms with Gasteiger partial charge in [-0.05, 0) is 59.5 Å². The summed E-state index contributed by atoms with van der Waals surface area (Å²) in [5.41, 5.74) is 6.45.